The molecule has 0 saturated carbocycles. The van der Waals surface area contributed by atoms with Crippen LogP contribution in [0.2, 0.25) is 5.02 Å². The SMILES string of the molecule is N=C(N)c1ccc(N2CCn3ccnc3C2)cc1Cl. The first-order chi connectivity index (χ1) is 9.15. The quantitative estimate of drug-likeness (QED) is 0.649. The summed E-state index contributed by atoms with van der Waals surface area (Å²) in [6, 6.07) is 5.60. The van der Waals surface area contributed by atoms with Gasteiger partial charge in [0, 0.05) is 36.7 Å². The first-order valence-electron chi connectivity index (χ1n) is 6.04. The lowest BCUT2D eigenvalue weighted by Gasteiger charge is -2.29. The average Bonchev–Trinajstić information content (AvgIpc) is 2.85. The Morgan fingerprint density at radius 3 is 2.95 bits per heavy atom. The van der Waals surface area contributed by atoms with E-state index in [1.807, 2.05) is 24.5 Å². The highest BCUT2D eigenvalue weighted by atomic mass is 35.5. The van der Waals surface area contributed by atoms with Gasteiger partial charge >= 0.3 is 0 Å². The summed E-state index contributed by atoms with van der Waals surface area (Å²) >= 11 is 6.15. The van der Waals surface area contributed by atoms with Crippen molar-refractivity contribution in [1.82, 2.24) is 9.55 Å². The Hall–Kier alpha value is -2.01. The molecule has 6 heteroatoms. The molecular formula is C13H14ClN5. The van der Waals surface area contributed by atoms with Crippen LogP contribution in [0, 0.1) is 5.41 Å². The maximum absolute atomic E-state index is 7.43. The Bertz CT molecular complexity index is 634. The van der Waals surface area contributed by atoms with E-state index in [9.17, 15) is 0 Å². The van der Waals surface area contributed by atoms with Gasteiger partial charge in [0.05, 0.1) is 11.6 Å². The molecule has 0 saturated heterocycles. The number of nitrogens with zero attached hydrogens (tertiary/aromatic N) is 3. The van der Waals surface area contributed by atoms with Gasteiger partial charge in [-0.2, -0.15) is 0 Å². The van der Waals surface area contributed by atoms with Gasteiger partial charge in [-0.25, -0.2) is 4.98 Å². The number of nitrogen functional groups attached to an aromatic ring is 1. The third-order valence-electron chi connectivity index (χ3n) is 3.35. The van der Waals surface area contributed by atoms with Gasteiger partial charge in [-0.3, -0.25) is 5.41 Å². The minimum atomic E-state index is -0.00858. The number of aromatic nitrogens is 2. The number of hydrogen-bond donors (Lipinski definition) is 2. The van der Waals surface area contributed by atoms with Gasteiger partial charge in [0.15, 0.2) is 0 Å². The molecule has 0 unspecified atom stereocenters. The molecule has 0 amide bonds. The Labute approximate surface area is 116 Å². The van der Waals surface area contributed by atoms with Crippen molar-refractivity contribution in [2.75, 3.05) is 11.4 Å². The highest BCUT2D eigenvalue weighted by Gasteiger charge is 2.17. The molecule has 1 aliphatic rings. The molecule has 2 aromatic rings. The maximum atomic E-state index is 7.43. The number of nitrogens with two attached hydrogens (primary N) is 1. The molecule has 0 fully saturated rings. The molecule has 98 valence electrons. The topological polar surface area (TPSA) is 70.9 Å². The predicted octanol–water partition coefficient (Wildman–Crippen LogP) is 1.84. The predicted molar refractivity (Wildman–Crippen MR) is 75.7 cm³/mol. The second-order valence-electron chi connectivity index (χ2n) is 4.54. The second kappa shape index (κ2) is 4.59. The first-order valence-corrected chi connectivity index (χ1v) is 6.42. The van der Waals surface area contributed by atoms with E-state index >= 15 is 0 Å². The number of imidazole rings is 1. The summed E-state index contributed by atoms with van der Waals surface area (Å²) in [5.74, 6) is 1.05. The maximum Gasteiger partial charge on any atom is 0.128 e. The summed E-state index contributed by atoms with van der Waals surface area (Å²) in [5, 5.41) is 7.95. The Morgan fingerprint density at radius 2 is 2.21 bits per heavy atom. The van der Waals surface area contributed by atoms with Crippen LogP contribution >= 0.6 is 11.6 Å². The summed E-state index contributed by atoms with van der Waals surface area (Å²) < 4.78 is 2.15. The fourth-order valence-corrected chi connectivity index (χ4v) is 2.59. The number of nitrogens with one attached hydrogen (secondary N) is 1. The summed E-state index contributed by atoms with van der Waals surface area (Å²) in [5.41, 5.74) is 7.07. The number of fused-ring (bicyclic) bond motifs is 1. The minimum absolute atomic E-state index is 0.00858. The normalized spacial score (nSPS) is 14.3. The van der Waals surface area contributed by atoms with Gasteiger partial charge in [0.2, 0.25) is 0 Å². The summed E-state index contributed by atoms with van der Waals surface area (Å²) in [6.07, 6.45) is 3.82. The molecular weight excluding hydrogens is 262 g/mol. The van der Waals surface area contributed by atoms with Crippen LogP contribution in [0.3, 0.4) is 0 Å². The van der Waals surface area contributed by atoms with Crippen molar-refractivity contribution in [3.63, 3.8) is 0 Å². The van der Waals surface area contributed by atoms with Crippen LogP contribution in [0.25, 0.3) is 0 Å². The van der Waals surface area contributed by atoms with E-state index in [2.05, 4.69) is 14.5 Å². The van der Waals surface area contributed by atoms with Crippen LogP contribution in [-0.4, -0.2) is 21.9 Å². The lowest BCUT2D eigenvalue weighted by Crippen LogP contribution is -2.33. The molecule has 3 rings (SSSR count). The van der Waals surface area contributed by atoms with E-state index in [4.69, 9.17) is 22.7 Å². The highest BCUT2D eigenvalue weighted by molar-refractivity contribution is 6.34. The van der Waals surface area contributed by atoms with Gasteiger partial charge in [-0.05, 0) is 18.2 Å². The van der Waals surface area contributed by atoms with Gasteiger partial charge in [-0.15, -0.1) is 0 Å². The van der Waals surface area contributed by atoms with Crippen molar-refractivity contribution >= 4 is 23.1 Å². The number of halogens is 1. The number of hydrogen-bond acceptors (Lipinski definition) is 3. The summed E-state index contributed by atoms with van der Waals surface area (Å²) in [6.45, 7) is 2.60. The van der Waals surface area contributed by atoms with Crippen molar-refractivity contribution in [2.45, 2.75) is 13.1 Å². The molecule has 0 bridgehead atoms. The van der Waals surface area contributed by atoms with Crippen molar-refractivity contribution in [2.24, 2.45) is 5.73 Å². The van der Waals surface area contributed by atoms with Gasteiger partial charge in [0.25, 0.3) is 0 Å². The van der Waals surface area contributed by atoms with Crippen molar-refractivity contribution in [3.05, 3.63) is 47.0 Å². The third kappa shape index (κ3) is 2.17. The molecule has 0 radical (unpaired) electrons. The van der Waals surface area contributed by atoms with Crippen molar-refractivity contribution < 1.29 is 0 Å². The van der Waals surface area contributed by atoms with E-state index in [1.54, 1.807) is 6.07 Å². The molecule has 0 atom stereocenters. The molecule has 2 heterocycles. The smallest absolute Gasteiger partial charge is 0.128 e. The zero-order valence-corrected chi connectivity index (χ0v) is 11.1. The fourth-order valence-electron chi connectivity index (χ4n) is 2.31. The van der Waals surface area contributed by atoms with Crippen LogP contribution in [0.15, 0.2) is 30.6 Å². The van der Waals surface area contributed by atoms with E-state index in [-0.39, 0.29) is 5.84 Å². The number of anilines is 1. The van der Waals surface area contributed by atoms with Crippen molar-refractivity contribution in [3.8, 4) is 0 Å². The monoisotopic (exact) mass is 275 g/mol. The number of amidine groups is 1. The van der Waals surface area contributed by atoms with E-state index in [0.29, 0.717) is 10.6 Å². The highest BCUT2D eigenvalue weighted by Crippen LogP contribution is 2.26. The molecule has 1 aliphatic heterocycles. The minimum Gasteiger partial charge on any atom is -0.384 e. The summed E-state index contributed by atoms with van der Waals surface area (Å²) in [4.78, 5) is 6.56. The fraction of sp³-hybridized carbons (Fsp3) is 0.231. The van der Waals surface area contributed by atoms with Crippen molar-refractivity contribution in [1.29, 1.82) is 5.41 Å². The standard InChI is InChI=1S/C13H14ClN5/c14-11-7-9(1-2-10(11)13(15)16)19-6-5-18-4-3-17-12(18)8-19/h1-4,7H,5-6,8H2,(H3,15,16). The Morgan fingerprint density at radius 1 is 1.37 bits per heavy atom. The first kappa shape index (κ1) is 12.0. The van der Waals surface area contributed by atoms with Gasteiger partial charge in [0.1, 0.15) is 11.7 Å². The van der Waals surface area contributed by atoms with Gasteiger partial charge in [-0.1, -0.05) is 11.6 Å². The van der Waals surface area contributed by atoms with E-state index in [1.165, 1.54) is 0 Å². The van der Waals surface area contributed by atoms with Crippen LogP contribution in [-0.2, 0) is 13.1 Å². The van der Waals surface area contributed by atoms with Crippen LogP contribution in [0.1, 0.15) is 11.4 Å². The summed E-state index contributed by atoms with van der Waals surface area (Å²) in [7, 11) is 0. The molecule has 0 aliphatic carbocycles. The molecule has 1 aromatic heterocycles. The zero-order valence-electron chi connectivity index (χ0n) is 10.3. The van der Waals surface area contributed by atoms with Gasteiger partial charge < -0.3 is 15.2 Å². The second-order valence-corrected chi connectivity index (χ2v) is 4.94. The molecule has 3 N–H and O–H groups in total. The molecule has 1 aromatic carbocycles. The Kier molecular flexibility index (Phi) is 2.91. The third-order valence-corrected chi connectivity index (χ3v) is 3.67. The van der Waals surface area contributed by atoms with E-state index < -0.39 is 0 Å². The van der Waals surface area contributed by atoms with Crippen LogP contribution in [0.4, 0.5) is 5.69 Å². The van der Waals surface area contributed by atoms with E-state index in [0.717, 1.165) is 31.1 Å². The number of benzene rings is 1. The zero-order chi connectivity index (χ0) is 13.4. The Balaban J connectivity index is 1.88. The molecule has 19 heavy (non-hydrogen) atoms. The average molecular weight is 276 g/mol. The lowest BCUT2D eigenvalue weighted by atomic mass is 10.1. The van der Waals surface area contributed by atoms with Crippen LogP contribution in [0.5, 0.6) is 0 Å². The molecule has 0 spiro atoms. The van der Waals surface area contributed by atoms with Crippen LogP contribution < -0.4 is 10.6 Å². The largest absolute Gasteiger partial charge is 0.384 e. The number of rotatable bonds is 2. The molecule has 5 nitrogen and oxygen atoms in total. The lowest BCUT2D eigenvalue weighted by molar-refractivity contribution is 0.560.